The standard InChI is InChI=1S/C17H12BrCl3F3N/c18-13-5-9(1-3-10(13)8-25)2-4-12(17(22,23)24)11-6-14(19)16(21)15(20)7-11/h1-7,12H,8,25H2. The maximum atomic E-state index is 13.5. The molecule has 0 aliphatic heterocycles. The van der Waals surface area contributed by atoms with E-state index in [1.54, 1.807) is 18.2 Å². The van der Waals surface area contributed by atoms with E-state index in [1.807, 2.05) is 0 Å². The van der Waals surface area contributed by atoms with Crippen LogP contribution in [0.5, 0.6) is 0 Å². The molecule has 0 saturated heterocycles. The smallest absolute Gasteiger partial charge is 0.326 e. The first kappa shape index (κ1) is 20.6. The van der Waals surface area contributed by atoms with Crippen molar-refractivity contribution < 1.29 is 13.2 Å². The Morgan fingerprint density at radius 3 is 2.16 bits per heavy atom. The van der Waals surface area contributed by atoms with Gasteiger partial charge in [0.05, 0.1) is 21.0 Å². The Hall–Kier alpha value is -0.720. The summed E-state index contributed by atoms with van der Waals surface area (Å²) in [5, 5.41) is -0.0259. The molecule has 0 aromatic heterocycles. The summed E-state index contributed by atoms with van der Waals surface area (Å²) >= 11 is 20.9. The molecular weight excluding hydrogens is 461 g/mol. The van der Waals surface area contributed by atoms with E-state index in [0.717, 1.165) is 16.1 Å². The fourth-order valence-corrected chi connectivity index (χ4v) is 3.38. The van der Waals surface area contributed by atoms with Crippen LogP contribution in [0, 0.1) is 0 Å². The first-order chi connectivity index (χ1) is 11.6. The molecule has 8 heteroatoms. The van der Waals surface area contributed by atoms with E-state index in [2.05, 4.69) is 15.9 Å². The quantitative estimate of drug-likeness (QED) is 0.466. The summed E-state index contributed by atoms with van der Waals surface area (Å²) in [6, 6.07) is 7.49. The summed E-state index contributed by atoms with van der Waals surface area (Å²) in [4.78, 5) is 0. The van der Waals surface area contributed by atoms with Gasteiger partial charge < -0.3 is 5.73 Å². The van der Waals surface area contributed by atoms with Gasteiger partial charge in [0.25, 0.3) is 0 Å². The summed E-state index contributed by atoms with van der Waals surface area (Å²) in [5.74, 6) is -1.87. The molecule has 1 atom stereocenters. The van der Waals surface area contributed by atoms with E-state index < -0.39 is 12.1 Å². The third-order valence-electron chi connectivity index (χ3n) is 3.50. The van der Waals surface area contributed by atoms with E-state index in [4.69, 9.17) is 40.5 Å². The van der Waals surface area contributed by atoms with Crippen molar-refractivity contribution in [1.29, 1.82) is 0 Å². The molecule has 2 aromatic rings. The second kappa shape index (κ2) is 8.31. The first-order valence-electron chi connectivity index (χ1n) is 7.01. The molecule has 0 aliphatic rings. The lowest BCUT2D eigenvalue weighted by molar-refractivity contribution is -0.139. The van der Waals surface area contributed by atoms with E-state index in [-0.39, 0.29) is 20.6 Å². The van der Waals surface area contributed by atoms with Crippen molar-refractivity contribution in [2.24, 2.45) is 5.73 Å². The minimum Gasteiger partial charge on any atom is -0.326 e. The highest BCUT2D eigenvalue weighted by molar-refractivity contribution is 9.10. The van der Waals surface area contributed by atoms with Crippen LogP contribution in [0.15, 0.2) is 40.9 Å². The largest absolute Gasteiger partial charge is 0.399 e. The van der Waals surface area contributed by atoms with Crippen LogP contribution in [0.25, 0.3) is 6.08 Å². The van der Waals surface area contributed by atoms with Crippen LogP contribution in [0.2, 0.25) is 15.1 Å². The molecule has 0 heterocycles. The maximum Gasteiger partial charge on any atom is 0.399 e. The second-order valence-electron chi connectivity index (χ2n) is 5.23. The maximum absolute atomic E-state index is 13.5. The Labute approximate surface area is 166 Å². The number of hydrogen-bond acceptors (Lipinski definition) is 1. The van der Waals surface area contributed by atoms with Gasteiger partial charge in [0.15, 0.2) is 0 Å². The SMILES string of the molecule is NCc1ccc(C=CC(c2cc(Cl)c(Cl)c(Cl)c2)C(F)(F)F)cc1Br. The molecule has 0 saturated carbocycles. The van der Waals surface area contributed by atoms with Gasteiger partial charge in [-0.05, 0) is 34.9 Å². The molecule has 134 valence electrons. The minimum atomic E-state index is -4.51. The summed E-state index contributed by atoms with van der Waals surface area (Å²) in [5.41, 5.74) is 6.94. The fourth-order valence-electron chi connectivity index (χ4n) is 2.20. The highest BCUT2D eigenvalue weighted by Gasteiger charge is 2.39. The molecule has 0 amide bonds. The van der Waals surface area contributed by atoms with Gasteiger partial charge in [-0.15, -0.1) is 0 Å². The number of benzene rings is 2. The molecule has 2 rings (SSSR count). The zero-order valence-corrected chi connectivity index (χ0v) is 16.4. The number of alkyl halides is 3. The van der Waals surface area contributed by atoms with Gasteiger partial charge in [-0.1, -0.05) is 75.0 Å². The van der Waals surface area contributed by atoms with Crippen molar-refractivity contribution in [2.45, 2.75) is 18.6 Å². The summed E-state index contributed by atoms with van der Waals surface area (Å²) in [6.45, 7) is 0.331. The van der Waals surface area contributed by atoms with Crippen LogP contribution in [-0.2, 0) is 6.54 Å². The third-order valence-corrected chi connectivity index (χ3v) is 5.43. The Balaban J connectivity index is 2.41. The van der Waals surface area contributed by atoms with Crippen molar-refractivity contribution in [2.75, 3.05) is 0 Å². The number of halogens is 7. The zero-order valence-electron chi connectivity index (χ0n) is 12.5. The molecule has 1 nitrogen and oxygen atoms in total. The number of allylic oxidation sites excluding steroid dienone is 1. The van der Waals surface area contributed by atoms with Crippen LogP contribution in [0.1, 0.15) is 22.6 Å². The van der Waals surface area contributed by atoms with Crippen molar-refractivity contribution in [3.8, 4) is 0 Å². The van der Waals surface area contributed by atoms with Crippen LogP contribution in [-0.4, -0.2) is 6.18 Å². The number of nitrogens with two attached hydrogens (primary N) is 1. The first-order valence-corrected chi connectivity index (χ1v) is 8.94. The Kier molecular flexibility index (Phi) is 6.85. The van der Waals surface area contributed by atoms with Gasteiger partial charge in [0.1, 0.15) is 0 Å². The van der Waals surface area contributed by atoms with Crippen LogP contribution in [0.4, 0.5) is 13.2 Å². The molecule has 0 fully saturated rings. The minimum absolute atomic E-state index is 0.0261. The van der Waals surface area contributed by atoms with Gasteiger partial charge in [0.2, 0.25) is 0 Å². The van der Waals surface area contributed by atoms with E-state index in [9.17, 15) is 13.2 Å². The Morgan fingerprint density at radius 2 is 1.68 bits per heavy atom. The van der Waals surface area contributed by atoms with Gasteiger partial charge in [0, 0.05) is 11.0 Å². The predicted octanol–water partition coefficient (Wildman–Crippen LogP) is 7.23. The highest BCUT2D eigenvalue weighted by atomic mass is 79.9. The van der Waals surface area contributed by atoms with E-state index in [1.165, 1.54) is 18.2 Å². The lowest BCUT2D eigenvalue weighted by Gasteiger charge is -2.18. The van der Waals surface area contributed by atoms with E-state index >= 15 is 0 Å². The van der Waals surface area contributed by atoms with Gasteiger partial charge >= 0.3 is 6.18 Å². The van der Waals surface area contributed by atoms with Crippen LogP contribution in [0.3, 0.4) is 0 Å². The molecule has 1 unspecified atom stereocenters. The number of rotatable bonds is 4. The van der Waals surface area contributed by atoms with Crippen molar-refractivity contribution in [3.05, 3.63) is 72.6 Å². The molecule has 0 radical (unpaired) electrons. The fraction of sp³-hybridized carbons (Fsp3) is 0.176. The predicted molar refractivity (Wildman–Crippen MR) is 101 cm³/mol. The molecule has 0 aliphatic carbocycles. The zero-order chi connectivity index (χ0) is 18.8. The van der Waals surface area contributed by atoms with Gasteiger partial charge in [-0.3, -0.25) is 0 Å². The average Bonchev–Trinajstić information content (AvgIpc) is 2.51. The number of hydrogen-bond donors (Lipinski definition) is 1. The van der Waals surface area contributed by atoms with Crippen molar-refractivity contribution >= 4 is 56.8 Å². The van der Waals surface area contributed by atoms with Crippen LogP contribution >= 0.6 is 50.7 Å². The lowest BCUT2D eigenvalue weighted by atomic mass is 9.97. The molecule has 0 bridgehead atoms. The third kappa shape index (κ3) is 5.14. The highest BCUT2D eigenvalue weighted by Crippen LogP contribution is 2.41. The normalized spacial score (nSPS) is 13.4. The van der Waals surface area contributed by atoms with Crippen molar-refractivity contribution in [1.82, 2.24) is 0 Å². The van der Waals surface area contributed by atoms with Gasteiger partial charge in [-0.2, -0.15) is 13.2 Å². The summed E-state index contributed by atoms with van der Waals surface area (Å²) < 4.78 is 41.2. The second-order valence-corrected chi connectivity index (χ2v) is 7.28. The van der Waals surface area contributed by atoms with Gasteiger partial charge in [-0.25, -0.2) is 0 Å². The molecular formula is C17H12BrCl3F3N. The lowest BCUT2D eigenvalue weighted by Crippen LogP contribution is -2.19. The molecule has 2 aromatic carbocycles. The topological polar surface area (TPSA) is 26.0 Å². The van der Waals surface area contributed by atoms with Crippen molar-refractivity contribution in [3.63, 3.8) is 0 Å². The Bertz CT molecular complexity index is 783. The summed E-state index contributed by atoms with van der Waals surface area (Å²) in [7, 11) is 0. The Morgan fingerprint density at radius 1 is 1.08 bits per heavy atom. The molecule has 25 heavy (non-hydrogen) atoms. The van der Waals surface area contributed by atoms with E-state index in [0.29, 0.717) is 12.1 Å². The monoisotopic (exact) mass is 471 g/mol. The molecule has 2 N–H and O–H groups in total. The molecule has 0 spiro atoms. The summed E-state index contributed by atoms with van der Waals surface area (Å²) in [6.07, 6.45) is -2.06. The average molecular weight is 474 g/mol. The van der Waals surface area contributed by atoms with Crippen LogP contribution < -0.4 is 5.73 Å².